The Balaban J connectivity index is 1.65. The first-order valence-electron chi connectivity index (χ1n) is 8.69. The zero-order valence-electron chi connectivity index (χ0n) is 14.5. The first-order chi connectivity index (χ1) is 12.5. The molecule has 0 radical (unpaired) electrons. The number of nitrogens with zero attached hydrogens (tertiary/aromatic N) is 4. The summed E-state index contributed by atoms with van der Waals surface area (Å²) in [5.41, 5.74) is 6.28. The van der Waals surface area contributed by atoms with E-state index in [9.17, 15) is 14.4 Å². The van der Waals surface area contributed by atoms with Crippen molar-refractivity contribution in [1.82, 2.24) is 20.0 Å². The number of primary amides is 1. The van der Waals surface area contributed by atoms with Crippen molar-refractivity contribution in [1.29, 1.82) is 0 Å². The molecular formula is C17H22N6O3. The highest BCUT2D eigenvalue weighted by Crippen LogP contribution is 2.32. The van der Waals surface area contributed by atoms with Gasteiger partial charge < -0.3 is 15.5 Å². The van der Waals surface area contributed by atoms with Gasteiger partial charge in [0.25, 0.3) is 5.91 Å². The maximum absolute atomic E-state index is 13.0. The molecule has 0 aromatic heterocycles. The van der Waals surface area contributed by atoms with E-state index in [1.54, 1.807) is 7.05 Å². The van der Waals surface area contributed by atoms with Gasteiger partial charge in [0.1, 0.15) is 25.0 Å². The van der Waals surface area contributed by atoms with E-state index in [0.717, 1.165) is 30.1 Å². The summed E-state index contributed by atoms with van der Waals surface area (Å²) in [6, 6.07) is 8.94. The monoisotopic (exact) mass is 358 g/mol. The molecule has 0 bridgehead atoms. The van der Waals surface area contributed by atoms with Gasteiger partial charge in [-0.2, -0.15) is 0 Å². The van der Waals surface area contributed by atoms with Gasteiger partial charge in [-0.15, -0.1) is 0 Å². The summed E-state index contributed by atoms with van der Waals surface area (Å²) in [5, 5.41) is 3.42. The van der Waals surface area contributed by atoms with Gasteiger partial charge in [0.15, 0.2) is 0 Å². The molecule has 26 heavy (non-hydrogen) atoms. The summed E-state index contributed by atoms with van der Waals surface area (Å²) in [5.74, 6) is -1.08. The highest BCUT2D eigenvalue weighted by atomic mass is 16.2. The molecule has 3 atom stereocenters. The smallest absolute Gasteiger partial charge is 0.328 e. The average Bonchev–Trinajstić information content (AvgIpc) is 3.04. The van der Waals surface area contributed by atoms with Gasteiger partial charge in [-0.1, -0.05) is 18.2 Å². The van der Waals surface area contributed by atoms with E-state index in [-0.39, 0.29) is 12.2 Å². The Kier molecular flexibility index (Phi) is 4.04. The molecule has 4 amide bonds. The topological polar surface area (TPSA) is 102 Å². The number of benzene rings is 1. The van der Waals surface area contributed by atoms with Crippen LogP contribution in [0.15, 0.2) is 30.3 Å². The fraction of sp³-hybridized carbons (Fsp3) is 0.471. The number of likely N-dealkylation sites (N-methyl/N-ethyl adjacent to an activating group) is 1. The van der Waals surface area contributed by atoms with Crippen molar-refractivity contribution in [2.75, 3.05) is 31.6 Å². The van der Waals surface area contributed by atoms with Crippen molar-refractivity contribution < 1.29 is 14.4 Å². The predicted octanol–water partition coefficient (Wildman–Crippen LogP) is -0.840. The van der Waals surface area contributed by atoms with Crippen LogP contribution in [0.4, 0.5) is 10.5 Å². The highest BCUT2D eigenvalue weighted by molar-refractivity contribution is 6.03. The number of anilines is 1. The Hall–Kier alpha value is -2.65. The molecule has 138 valence electrons. The fourth-order valence-corrected chi connectivity index (χ4v) is 4.10. The Bertz CT molecular complexity index is 741. The summed E-state index contributed by atoms with van der Waals surface area (Å²) < 4.78 is 0. The zero-order chi connectivity index (χ0) is 18.4. The van der Waals surface area contributed by atoms with Gasteiger partial charge in [0.2, 0.25) is 5.91 Å². The molecule has 3 fully saturated rings. The number of urea groups is 1. The van der Waals surface area contributed by atoms with Crippen molar-refractivity contribution in [3.8, 4) is 0 Å². The van der Waals surface area contributed by atoms with E-state index in [0.29, 0.717) is 0 Å². The number of nitrogens with two attached hydrogens (primary N) is 1. The SMILES string of the molecule is CN1C(=O)N(CC(N)=O)C(=O)C2C1NC1N(c3ccccc3)CCCN21. The Labute approximate surface area is 151 Å². The van der Waals surface area contributed by atoms with Crippen LogP contribution in [-0.4, -0.2) is 77.7 Å². The lowest BCUT2D eigenvalue weighted by Crippen LogP contribution is -2.67. The van der Waals surface area contributed by atoms with Crippen LogP contribution < -0.4 is 16.0 Å². The molecule has 9 heteroatoms. The quantitative estimate of drug-likeness (QED) is 0.731. The predicted molar refractivity (Wildman–Crippen MR) is 93.7 cm³/mol. The molecular weight excluding hydrogens is 336 g/mol. The second-order valence-corrected chi connectivity index (χ2v) is 6.83. The fourth-order valence-electron chi connectivity index (χ4n) is 4.10. The number of carbonyl (C=O) groups is 3. The number of nitrogens with one attached hydrogen (secondary N) is 1. The third-order valence-electron chi connectivity index (χ3n) is 5.27. The van der Waals surface area contributed by atoms with Crippen molar-refractivity contribution in [2.45, 2.75) is 24.9 Å². The summed E-state index contributed by atoms with van der Waals surface area (Å²) in [7, 11) is 1.64. The number of hydrogen-bond donors (Lipinski definition) is 2. The van der Waals surface area contributed by atoms with E-state index >= 15 is 0 Å². The number of amides is 4. The summed E-state index contributed by atoms with van der Waals surface area (Å²) in [6.07, 6.45) is 0.277. The molecule has 4 rings (SSSR count). The molecule has 3 unspecified atom stereocenters. The molecule has 3 aliphatic heterocycles. The molecule has 3 heterocycles. The number of rotatable bonds is 3. The number of carbonyl (C=O) groups excluding carboxylic acids is 3. The van der Waals surface area contributed by atoms with E-state index < -0.39 is 30.7 Å². The molecule has 3 aliphatic rings. The third kappa shape index (κ3) is 2.51. The second-order valence-electron chi connectivity index (χ2n) is 6.83. The van der Waals surface area contributed by atoms with E-state index in [4.69, 9.17) is 5.73 Å². The largest absolute Gasteiger partial charge is 0.368 e. The molecule has 1 aromatic carbocycles. The number of imide groups is 1. The molecule has 3 saturated heterocycles. The van der Waals surface area contributed by atoms with Crippen molar-refractivity contribution >= 4 is 23.5 Å². The van der Waals surface area contributed by atoms with Gasteiger partial charge in [0.05, 0.1) is 0 Å². The van der Waals surface area contributed by atoms with Crippen LogP contribution in [0.5, 0.6) is 0 Å². The maximum Gasteiger partial charge on any atom is 0.328 e. The van der Waals surface area contributed by atoms with Crippen LogP contribution in [0.2, 0.25) is 0 Å². The number of hydrogen-bond acceptors (Lipinski definition) is 6. The number of fused-ring (bicyclic) bond motifs is 3. The summed E-state index contributed by atoms with van der Waals surface area (Å²) in [6.45, 7) is 1.20. The minimum atomic E-state index is -0.703. The first-order valence-corrected chi connectivity index (χ1v) is 8.69. The minimum Gasteiger partial charge on any atom is -0.368 e. The molecule has 0 aliphatic carbocycles. The highest BCUT2D eigenvalue weighted by Gasteiger charge is 2.56. The zero-order valence-corrected chi connectivity index (χ0v) is 14.5. The van der Waals surface area contributed by atoms with Crippen LogP contribution in [0, 0.1) is 0 Å². The second kappa shape index (κ2) is 6.26. The Morgan fingerprint density at radius 1 is 1.23 bits per heavy atom. The lowest BCUT2D eigenvalue weighted by atomic mass is 10.1. The molecule has 1 aromatic rings. The van der Waals surface area contributed by atoms with Crippen LogP contribution in [-0.2, 0) is 9.59 Å². The number of para-hydroxylation sites is 1. The van der Waals surface area contributed by atoms with Gasteiger partial charge in [-0.25, -0.2) is 4.79 Å². The Morgan fingerprint density at radius 3 is 2.65 bits per heavy atom. The Morgan fingerprint density at radius 2 is 1.96 bits per heavy atom. The van der Waals surface area contributed by atoms with Crippen molar-refractivity contribution in [2.24, 2.45) is 5.73 Å². The normalized spacial score (nSPS) is 29.0. The minimum absolute atomic E-state index is 0.186. The lowest BCUT2D eigenvalue weighted by Gasteiger charge is -2.43. The lowest BCUT2D eigenvalue weighted by molar-refractivity contribution is -0.141. The first kappa shape index (κ1) is 16.8. The van der Waals surface area contributed by atoms with Crippen LogP contribution >= 0.6 is 0 Å². The average molecular weight is 358 g/mol. The van der Waals surface area contributed by atoms with E-state index in [1.165, 1.54) is 4.90 Å². The maximum atomic E-state index is 13.0. The summed E-state index contributed by atoms with van der Waals surface area (Å²) in [4.78, 5) is 43.5. The molecule has 3 N–H and O–H groups in total. The molecule has 9 nitrogen and oxygen atoms in total. The van der Waals surface area contributed by atoms with Crippen LogP contribution in [0.25, 0.3) is 0 Å². The summed E-state index contributed by atoms with van der Waals surface area (Å²) >= 11 is 0. The van der Waals surface area contributed by atoms with E-state index in [1.807, 2.05) is 30.3 Å². The van der Waals surface area contributed by atoms with E-state index in [2.05, 4.69) is 15.1 Å². The van der Waals surface area contributed by atoms with Gasteiger partial charge in [-0.05, 0) is 18.6 Å². The van der Waals surface area contributed by atoms with Gasteiger partial charge in [-0.3, -0.25) is 24.7 Å². The van der Waals surface area contributed by atoms with Crippen LogP contribution in [0.1, 0.15) is 6.42 Å². The van der Waals surface area contributed by atoms with Crippen LogP contribution in [0.3, 0.4) is 0 Å². The molecule has 0 saturated carbocycles. The molecule has 0 spiro atoms. The van der Waals surface area contributed by atoms with Crippen molar-refractivity contribution in [3.63, 3.8) is 0 Å². The standard InChI is InChI=1S/C17H22N6O3/c1-20-14-13(15(25)23(17(20)26)10-12(18)24)22-9-5-8-21(16(22)19-14)11-6-3-2-4-7-11/h2-4,6-7,13-14,16,19H,5,8-10H2,1H3,(H2,18,24). The third-order valence-corrected chi connectivity index (χ3v) is 5.27. The van der Waals surface area contributed by atoms with Crippen molar-refractivity contribution in [3.05, 3.63) is 30.3 Å². The van der Waals surface area contributed by atoms with Gasteiger partial charge in [0, 0.05) is 25.8 Å². The van der Waals surface area contributed by atoms with Gasteiger partial charge >= 0.3 is 6.03 Å².